The van der Waals surface area contributed by atoms with Gasteiger partial charge in [-0.25, -0.2) is 9.69 Å². The van der Waals surface area contributed by atoms with E-state index in [2.05, 4.69) is 0 Å². The zero-order valence-corrected chi connectivity index (χ0v) is 13.3. The normalized spacial score (nSPS) is 21.1. The summed E-state index contributed by atoms with van der Waals surface area (Å²) in [5, 5.41) is -0.109. The van der Waals surface area contributed by atoms with Crippen LogP contribution in [0, 0.1) is 5.92 Å². The molecule has 2 atom stereocenters. The van der Waals surface area contributed by atoms with Crippen LogP contribution in [-0.4, -0.2) is 39.9 Å². The first-order valence-electron chi connectivity index (χ1n) is 6.60. The number of rotatable bonds is 4. The molecule has 20 heavy (non-hydrogen) atoms. The molecule has 1 aliphatic rings. The summed E-state index contributed by atoms with van der Waals surface area (Å²) in [6.07, 6.45) is 1.12. The number of hydrogen-bond acceptors (Lipinski definition) is 5. The summed E-state index contributed by atoms with van der Waals surface area (Å²) in [7, 11) is 0. The topological polar surface area (TPSA) is 63.7 Å². The molecule has 0 aliphatic carbocycles. The Morgan fingerprint density at radius 2 is 1.95 bits per heavy atom. The van der Waals surface area contributed by atoms with Crippen molar-refractivity contribution < 1.29 is 19.1 Å². The van der Waals surface area contributed by atoms with E-state index >= 15 is 0 Å². The molecule has 0 spiro atoms. The highest BCUT2D eigenvalue weighted by atomic mass is 32.2. The maximum atomic E-state index is 12.4. The van der Waals surface area contributed by atoms with Crippen LogP contribution in [0.1, 0.15) is 34.6 Å². The monoisotopic (exact) mass is 299 g/mol. The molecule has 0 aromatic rings. The molecule has 6 heteroatoms. The third-order valence-corrected chi connectivity index (χ3v) is 3.91. The summed E-state index contributed by atoms with van der Waals surface area (Å²) in [6, 6.07) is -0.228. The average Bonchev–Trinajstić information content (AvgIpc) is 2.68. The Labute approximate surface area is 123 Å². The molecule has 1 rings (SSSR count). The highest BCUT2D eigenvalue weighted by Gasteiger charge is 2.39. The molecule has 2 amide bonds. The third kappa shape index (κ3) is 4.10. The van der Waals surface area contributed by atoms with Crippen LogP contribution < -0.4 is 0 Å². The lowest BCUT2D eigenvalue weighted by Crippen LogP contribution is -2.42. The van der Waals surface area contributed by atoms with Gasteiger partial charge in [0.2, 0.25) is 0 Å². The van der Waals surface area contributed by atoms with Gasteiger partial charge < -0.3 is 4.74 Å². The van der Waals surface area contributed by atoms with Crippen LogP contribution in [0.3, 0.4) is 0 Å². The van der Waals surface area contributed by atoms with Gasteiger partial charge in [0.05, 0.1) is 6.04 Å². The zero-order chi connectivity index (χ0) is 15.4. The van der Waals surface area contributed by atoms with Gasteiger partial charge in [0.15, 0.2) is 5.12 Å². The largest absolute Gasteiger partial charge is 0.447 e. The number of carbonyl (C=O) groups is 3. The first-order valence-corrected chi connectivity index (χ1v) is 7.48. The second-order valence-electron chi connectivity index (χ2n) is 5.23. The Morgan fingerprint density at radius 3 is 2.45 bits per heavy atom. The first kappa shape index (κ1) is 16.8. The van der Waals surface area contributed by atoms with Gasteiger partial charge in [0, 0.05) is 17.7 Å². The minimum Gasteiger partial charge on any atom is -0.447 e. The molecular formula is C14H21NO4S. The lowest BCUT2D eigenvalue weighted by Gasteiger charge is -2.23. The number of imide groups is 1. The van der Waals surface area contributed by atoms with E-state index in [0.717, 1.165) is 11.8 Å². The van der Waals surface area contributed by atoms with E-state index in [1.807, 2.05) is 20.8 Å². The first-order chi connectivity index (χ1) is 9.23. The number of nitrogens with zero attached hydrogens (tertiary/aromatic N) is 1. The van der Waals surface area contributed by atoms with Gasteiger partial charge >= 0.3 is 6.09 Å². The fourth-order valence-electron chi connectivity index (χ4n) is 2.07. The molecule has 112 valence electrons. The number of carbonyl (C=O) groups excluding carboxylic acids is 3. The van der Waals surface area contributed by atoms with Crippen molar-refractivity contribution in [1.82, 2.24) is 4.90 Å². The molecule has 0 bridgehead atoms. The number of amides is 2. The highest BCUT2D eigenvalue weighted by Crippen LogP contribution is 2.23. The Kier molecular flexibility index (Phi) is 5.80. The maximum Gasteiger partial charge on any atom is 0.417 e. The number of hydrogen-bond donors (Lipinski definition) is 0. The van der Waals surface area contributed by atoms with Crippen LogP contribution in [-0.2, 0) is 14.3 Å². The lowest BCUT2D eigenvalue weighted by atomic mass is 10.0. The van der Waals surface area contributed by atoms with Gasteiger partial charge in [0.25, 0.3) is 5.91 Å². The number of cyclic esters (lactones) is 1. The molecular weight excluding hydrogens is 278 g/mol. The van der Waals surface area contributed by atoms with E-state index in [4.69, 9.17) is 4.74 Å². The van der Waals surface area contributed by atoms with Crippen molar-refractivity contribution in [2.45, 2.75) is 45.9 Å². The van der Waals surface area contributed by atoms with Gasteiger partial charge in [0.1, 0.15) is 6.61 Å². The summed E-state index contributed by atoms with van der Waals surface area (Å²) in [5.74, 6) is -0.204. The SMILES string of the molecule is CC(=O)S[C@@H](C)/C=C(\C)C(=O)N1C(=O)OC[C@@H]1C(C)C. The minimum absolute atomic E-state index is 0.00496. The summed E-state index contributed by atoms with van der Waals surface area (Å²) < 4.78 is 4.96. The molecule has 0 radical (unpaired) electrons. The summed E-state index contributed by atoms with van der Waals surface area (Å²) in [5.41, 5.74) is 0.454. The van der Waals surface area contributed by atoms with Gasteiger partial charge in [-0.15, -0.1) is 0 Å². The Morgan fingerprint density at radius 1 is 1.35 bits per heavy atom. The van der Waals surface area contributed by atoms with Gasteiger partial charge in [-0.3, -0.25) is 9.59 Å². The van der Waals surface area contributed by atoms with E-state index in [1.54, 1.807) is 13.0 Å². The Hall–Kier alpha value is -1.30. The van der Waals surface area contributed by atoms with Gasteiger partial charge in [-0.2, -0.15) is 0 Å². The second kappa shape index (κ2) is 6.92. The van der Waals surface area contributed by atoms with Crippen LogP contribution in [0.15, 0.2) is 11.6 Å². The van der Waals surface area contributed by atoms with Crippen molar-refractivity contribution in [3.63, 3.8) is 0 Å². The fraction of sp³-hybridized carbons (Fsp3) is 0.643. The van der Waals surface area contributed by atoms with Crippen LogP contribution in [0.5, 0.6) is 0 Å². The van der Waals surface area contributed by atoms with Gasteiger partial charge in [-0.05, 0) is 19.8 Å². The van der Waals surface area contributed by atoms with Crippen molar-refractivity contribution >= 4 is 28.9 Å². The van der Waals surface area contributed by atoms with E-state index in [0.29, 0.717) is 5.57 Å². The third-order valence-electron chi connectivity index (χ3n) is 3.07. The van der Waals surface area contributed by atoms with Crippen LogP contribution in [0.2, 0.25) is 0 Å². The van der Waals surface area contributed by atoms with E-state index in [-0.39, 0.29) is 34.8 Å². The molecule has 0 aromatic carbocycles. The van der Waals surface area contributed by atoms with Crippen molar-refractivity contribution in [2.75, 3.05) is 6.61 Å². The van der Waals surface area contributed by atoms with Crippen LogP contribution >= 0.6 is 11.8 Å². The van der Waals surface area contributed by atoms with E-state index < -0.39 is 6.09 Å². The number of ether oxygens (including phenoxy) is 1. The van der Waals surface area contributed by atoms with Crippen LogP contribution in [0.4, 0.5) is 4.79 Å². The molecule has 1 fully saturated rings. The second-order valence-corrected chi connectivity index (χ2v) is 6.78. The molecule has 0 aromatic heterocycles. The zero-order valence-electron chi connectivity index (χ0n) is 12.5. The average molecular weight is 299 g/mol. The highest BCUT2D eigenvalue weighted by molar-refractivity contribution is 8.14. The van der Waals surface area contributed by atoms with E-state index in [9.17, 15) is 14.4 Å². The fourth-order valence-corrected chi connectivity index (χ4v) is 2.87. The standard InChI is InChI=1S/C14H21NO4S/c1-8(2)12-7-19-14(18)15(12)13(17)9(3)6-10(4)20-11(5)16/h6,8,10,12H,7H2,1-5H3/b9-6+/t10-,12+/m0/s1. The summed E-state index contributed by atoms with van der Waals surface area (Å²) >= 11 is 1.15. The van der Waals surface area contributed by atoms with Crippen LogP contribution in [0.25, 0.3) is 0 Å². The molecule has 0 N–H and O–H groups in total. The Bertz CT molecular complexity index is 444. The molecule has 1 aliphatic heterocycles. The van der Waals surface area contributed by atoms with Crippen molar-refractivity contribution in [3.8, 4) is 0 Å². The summed E-state index contributed by atoms with van der Waals surface area (Å²) in [6.45, 7) is 9.11. The molecule has 5 nitrogen and oxygen atoms in total. The molecule has 1 heterocycles. The number of thioether (sulfide) groups is 1. The van der Waals surface area contributed by atoms with Gasteiger partial charge in [-0.1, -0.05) is 31.7 Å². The minimum atomic E-state index is -0.590. The molecule has 0 unspecified atom stereocenters. The smallest absolute Gasteiger partial charge is 0.417 e. The van der Waals surface area contributed by atoms with Crippen molar-refractivity contribution in [3.05, 3.63) is 11.6 Å². The summed E-state index contributed by atoms with van der Waals surface area (Å²) in [4.78, 5) is 36.3. The molecule has 0 saturated carbocycles. The quantitative estimate of drug-likeness (QED) is 0.747. The maximum absolute atomic E-state index is 12.4. The lowest BCUT2D eigenvalue weighted by molar-refractivity contribution is -0.125. The predicted octanol–water partition coefficient (Wildman–Crippen LogP) is 2.60. The predicted molar refractivity (Wildman–Crippen MR) is 78.3 cm³/mol. The Balaban J connectivity index is 2.84. The molecule has 1 saturated heterocycles. The van der Waals surface area contributed by atoms with Crippen molar-refractivity contribution in [1.29, 1.82) is 0 Å². The van der Waals surface area contributed by atoms with Crippen molar-refractivity contribution in [2.24, 2.45) is 5.92 Å². The van der Waals surface area contributed by atoms with E-state index in [1.165, 1.54) is 11.8 Å².